The molecule has 0 atom stereocenters. The molecule has 1 aromatic carbocycles. The number of allylic oxidation sites excluding steroid dienone is 1. The van der Waals surface area contributed by atoms with E-state index in [2.05, 4.69) is 13.5 Å². The molecular formula is C11H14O. The normalized spacial score (nSPS) is 9.83. The van der Waals surface area contributed by atoms with Crippen molar-refractivity contribution in [1.82, 2.24) is 0 Å². The van der Waals surface area contributed by atoms with Gasteiger partial charge in [-0.3, -0.25) is 0 Å². The number of phenolic OH excluding ortho intramolecular Hbond substituents is 1. The van der Waals surface area contributed by atoms with Gasteiger partial charge in [-0.25, -0.2) is 0 Å². The van der Waals surface area contributed by atoms with Crippen LogP contribution in [0, 0.1) is 0 Å². The molecular weight excluding hydrogens is 148 g/mol. The lowest BCUT2D eigenvalue weighted by Gasteiger charge is -2.08. The Morgan fingerprint density at radius 3 is 2.58 bits per heavy atom. The molecule has 1 rings (SSSR count). The third-order valence-electron chi connectivity index (χ3n) is 1.94. The lowest BCUT2D eigenvalue weighted by molar-refractivity contribution is 0.473. The zero-order chi connectivity index (χ0) is 9.14. The molecule has 1 N–H and O–H groups in total. The first-order valence-electron chi connectivity index (χ1n) is 4.13. The van der Waals surface area contributed by atoms with Crippen LogP contribution in [0.4, 0.5) is 0 Å². The van der Waals surface area contributed by atoms with Gasteiger partial charge in [-0.15, -0.1) is 0 Å². The number of hydrogen-bond donors (Lipinski definition) is 1. The van der Waals surface area contributed by atoms with Crippen molar-refractivity contribution < 1.29 is 5.11 Å². The molecule has 1 nitrogen and oxygen atoms in total. The number of hydrogen-bond acceptors (Lipinski definition) is 1. The largest absolute Gasteiger partial charge is 0.507 e. The van der Waals surface area contributed by atoms with Gasteiger partial charge in [0.15, 0.2) is 0 Å². The average Bonchev–Trinajstić information content (AvgIpc) is 2.03. The number of benzene rings is 1. The van der Waals surface area contributed by atoms with E-state index in [0.717, 1.165) is 23.1 Å². The summed E-state index contributed by atoms with van der Waals surface area (Å²) in [5, 5.41) is 9.53. The van der Waals surface area contributed by atoms with E-state index >= 15 is 0 Å². The molecule has 0 bridgehead atoms. The number of aryl methyl sites for hydroxylation is 1. The zero-order valence-corrected chi connectivity index (χ0v) is 7.59. The Kier molecular flexibility index (Phi) is 2.54. The fraction of sp³-hybridized carbons (Fsp3) is 0.273. The van der Waals surface area contributed by atoms with Gasteiger partial charge in [-0.2, -0.15) is 0 Å². The summed E-state index contributed by atoms with van der Waals surface area (Å²) in [5.41, 5.74) is 2.98. The van der Waals surface area contributed by atoms with Gasteiger partial charge in [0, 0.05) is 5.56 Å². The fourth-order valence-electron chi connectivity index (χ4n) is 1.37. The van der Waals surface area contributed by atoms with Crippen molar-refractivity contribution in [2.45, 2.75) is 20.3 Å². The van der Waals surface area contributed by atoms with E-state index in [-0.39, 0.29) is 0 Å². The minimum atomic E-state index is 0.335. The summed E-state index contributed by atoms with van der Waals surface area (Å²) < 4.78 is 0. The molecule has 0 aliphatic heterocycles. The van der Waals surface area contributed by atoms with Gasteiger partial charge in [-0.05, 0) is 30.5 Å². The standard InChI is InChI=1S/C11H14O/c1-4-9-6-5-7-10(12)11(9)8(2)3/h5-7,12H,2,4H2,1,3H3. The first-order valence-corrected chi connectivity index (χ1v) is 4.13. The number of aromatic hydroxyl groups is 1. The maximum atomic E-state index is 9.53. The maximum absolute atomic E-state index is 9.53. The highest BCUT2D eigenvalue weighted by molar-refractivity contribution is 5.69. The Bertz CT molecular complexity index is 300. The van der Waals surface area contributed by atoms with Crippen molar-refractivity contribution in [1.29, 1.82) is 0 Å². The van der Waals surface area contributed by atoms with Crippen LogP contribution in [-0.4, -0.2) is 5.11 Å². The Morgan fingerprint density at radius 2 is 2.17 bits per heavy atom. The molecule has 0 saturated heterocycles. The summed E-state index contributed by atoms with van der Waals surface area (Å²) in [4.78, 5) is 0. The second-order valence-corrected chi connectivity index (χ2v) is 2.95. The average molecular weight is 162 g/mol. The topological polar surface area (TPSA) is 20.2 Å². The van der Waals surface area contributed by atoms with Crippen LogP contribution in [0.5, 0.6) is 5.75 Å². The molecule has 0 spiro atoms. The van der Waals surface area contributed by atoms with Crippen LogP contribution in [0.25, 0.3) is 5.57 Å². The molecule has 0 aliphatic carbocycles. The molecule has 0 fully saturated rings. The summed E-state index contributed by atoms with van der Waals surface area (Å²) in [5.74, 6) is 0.335. The van der Waals surface area contributed by atoms with Crippen LogP contribution in [-0.2, 0) is 6.42 Å². The van der Waals surface area contributed by atoms with Gasteiger partial charge < -0.3 is 5.11 Å². The van der Waals surface area contributed by atoms with Crippen LogP contribution in [0.3, 0.4) is 0 Å². The first kappa shape index (κ1) is 8.85. The van der Waals surface area contributed by atoms with Crippen LogP contribution in [0.1, 0.15) is 25.0 Å². The first-order chi connectivity index (χ1) is 5.66. The molecule has 0 heterocycles. The van der Waals surface area contributed by atoms with Gasteiger partial charge >= 0.3 is 0 Å². The molecule has 0 saturated carbocycles. The van der Waals surface area contributed by atoms with E-state index in [1.54, 1.807) is 6.07 Å². The van der Waals surface area contributed by atoms with E-state index < -0.39 is 0 Å². The van der Waals surface area contributed by atoms with E-state index in [4.69, 9.17) is 0 Å². The van der Waals surface area contributed by atoms with Gasteiger partial charge in [0.05, 0.1) is 0 Å². The second kappa shape index (κ2) is 3.44. The molecule has 0 amide bonds. The van der Waals surface area contributed by atoms with E-state index in [0.29, 0.717) is 5.75 Å². The van der Waals surface area contributed by atoms with Crippen LogP contribution >= 0.6 is 0 Å². The third kappa shape index (κ3) is 1.50. The molecule has 1 heteroatoms. The van der Waals surface area contributed by atoms with Gasteiger partial charge in [0.2, 0.25) is 0 Å². The van der Waals surface area contributed by atoms with Crippen molar-refractivity contribution in [2.24, 2.45) is 0 Å². The van der Waals surface area contributed by atoms with Crippen molar-refractivity contribution in [3.8, 4) is 5.75 Å². The molecule has 0 aromatic heterocycles. The Morgan fingerprint density at radius 1 is 1.50 bits per heavy atom. The summed E-state index contributed by atoms with van der Waals surface area (Å²) in [7, 11) is 0. The van der Waals surface area contributed by atoms with Crippen molar-refractivity contribution in [3.63, 3.8) is 0 Å². The highest BCUT2D eigenvalue weighted by Crippen LogP contribution is 2.27. The smallest absolute Gasteiger partial charge is 0.123 e. The van der Waals surface area contributed by atoms with Crippen molar-refractivity contribution in [2.75, 3.05) is 0 Å². The van der Waals surface area contributed by atoms with Gasteiger partial charge in [0.25, 0.3) is 0 Å². The number of rotatable bonds is 2. The zero-order valence-electron chi connectivity index (χ0n) is 7.59. The molecule has 0 aliphatic rings. The molecule has 64 valence electrons. The Hall–Kier alpha value is -1.24. The minimum Gasteiger partial charge on any atom is -0.507 e. The summed E-state index contributed by atoms with van der Waals surface area (Å²) >= 11 is 0. The fourth-order valence-corrected chi connectivity index (χ4v) is 1.37. The quantitative estimate of drug-likeness (QED) is 0.708. The highest BCUT2D eigenvalue weighted by Gasteiger charge is 2.05. The molecule has 1 aromatic rings. The van der Waals surface area contributed by atoms with Gasteiger partial charge in [-0.1, -0.05) is 25.6 Å². The summed E-state index contributed by atoms with van der Waals surface area (Å²) in [6, 6.07) is 5.58. The SMILES string of the molecule is C=C(C)c1c(O)cccc1CC. The lowest BCUT2D eigenvalue weighted by Crippen LogP contribution is -1.89. The summed E-state index contributed by atoms with van der Waals surface area (Å²) in [6.07, 6.45) is 0.927. The summed E-state index contributed by atoms with van der Waals surface area (Å²) in [6.45, 7) is 7.82. The lowest BCUT2D eigenvalue weighted by atomic mass is 9.99. The Balaban J connectivity index is 3.29. The third-order valence-corrected chi connectivity index (χ3v) is 1.94. The van der Waals surface area contributed by atoms with Crippen molar-refractivity contribution >= 4 is 5.57 Å². The van der Waals surface area contributed by atoms with Crippen molar-refractivity contribution in [3.05, 3.63) is 35.9 Å². The Labute approximate surface area is 73.4 Å². The minimum absolute atomic E-state index is 0.335. The maximum Gasteiger partial charge on any atom is 0.123 e. The van der Waals surface area contributed by atoms with E-state index in [1.165, 1.54) is 0 Å². The molecule has 0 radical (unpaired) electrons. The monoisotopic (exact) mass is 162 g/mol. The van der Waals surface area contributed by atoms with E-state index in [9.17, 15) is 5.11 Å². The molecule has 12 heavy (non-hydrogen) atoms. The highest BCUT2D eigenvalue weighted by atomic mass is 16.3. The van der Waals surface area contributed by atoms with Gasteiger partial charge in [0.1, 0.15) is 5.75 Å². The van der Waals surface area contributed by atoms with Crippen LogP contribution < -0.4 is 0 Å². The predicted octanol–water partition coefficient (Wildman–Crippen LogP) is 2.99. The number of phenols is 1. The molecule has 0 unspecified atom stereocenters. The van der Waals surface area contributed by atoms with E-state index in [1.807, 2.05) is 19.1 Å². The predicted molar refractivity (Wildman–Crippen MR) is 52.2 cm³/mol. The second-order valence-electron chi connectivity index (χ2n) is 2.95. The van der Waals surface area contributed by atoms with Crippen LogP contribution in [0.15, 0.2) is 24.8 Å². The van der Waals surface area contributed by atoms with Crippen LogP contribution in [0.2, 0.25) is 0 Å².